The molecule has 94 valence electrons. The first-order valence-corrected chi connectivity index (χ1v) is 6.93. The van der Waals surface area contributed by atoms with Crippen molar-refractivity contribution in [2.24, 2.45) is 0 Å². The predicted molar refractivity (Wildman–Crippen MR) is 78.6 cm³/mol. The second-order valence-corrected chi connectivity index (χ2v) is 4.99. The van der Waals surface area contributed by atoms with Gasteiger partial charge in [0.15, 0.2) is 0 Å². The number of hydrogen-bond acceptors (Lipinski definition) is 3. The molecule has 2 aromatic rings. The van der Waals surface area contributed by atoms with Crippen LogP contribution in [0.15, 0.2) is 59.5 Å². The number of nitrogens with one attached hydrogen (secondary N) is 1. The molecule has 0 saturated carbocycles. The lowest BCUT2D eigenvalue weighted by Gasteiger charge is -2.07. The summed E-state index contributed by atoms with van der Waals surface area (Å²) in [6, 6.07) is 18.5. The van der Waals surface area contributed by atoms with E-state index < -0.39 is 0 Å². The molecular formula is C15H17NOS. The zero-order valence-corrected chi connectivity index (χ0v) is 11.2. The molecule has 2 nitrogen and oxygen atoms in total. The van der Waals surface area contributed by atoms with Crippen LogP contribution in [0.2, 0.25) is 0 Å². The Morgan fingerprint density at radius 2 is 1.72 bits per heavy atom. The van der Waals surface area contributed by atoms with Crippen LogP contribution in [0, 0.1) is 0 Å². The smallest absolute Gasteiger partial charge is 0.119 e. The standard InChI is InChI=1S/C15H17NOS/c1-17-14-9-7-13(8-10-14)16-11-12-18-15-5-3-2-4-6-15/h2-10,16H,11-12H2,1H3. The lowest BCUT2D eigenvalue weighted by molar-refractivity contribution is 0.415. The Morgan fingerprint density at radius 3 is 2.39 bits per heavy atom. The number of methoxy groups -OCH3 is 1. The van der Waals surface area contributed by atoms with Crippen molar-refractivity contribution in [3.8, 4) is 5.75 Å². The first-order valence-electron chi connectivity index (χ1n) is 5.94. The van der Waals surface area contributed by atoms with Crippen LogP contribution in [0.25, 0.3) is 0 Å². The van der Waals surface area contributed by atoms with E-state index in [-0.39, 0.29) is 0 Å². The second-order valence-electron chi connectivity index (χ2n) is 3.82. The van der Waals surface area contributed by atoms with E-state index in [9.17, 15) is 0 Å². The van der Waals surface area contributed by atoms with Crippen molar-refractivity contribution in [2.75, 3.05) is 24.7 Å². The number of ether oxygens (including phenoxy) is 1. The fourth-order valence-electron chi connectivity index (χ4n) is 1.59. The molecule has 1 N–H and O–H groups in total. The number of anilines is 1. The summed E-state index contributed by atoms with van der Waals surface area (Å²) in [4.78, 5) is 1.31. The Hall–Kier alpha value is -1.61. The summed E-state index contributed by atoms with van der Waals surface area (Å²) in [5.74, 6) is 1.94. The SMILES string of the molecule is COc1ccc(NCCSc2ccccc2)cc1. The third-order valence-electron chi connectivity index (χ3n) is 2.53. The van der Waals surface area contributed by atoms with Crippen LogP contribution in [-0.2, 0) is 0 Å². The molecule has 3 heteroatoms. The van der Waals surface area contributed by atoms with E-state index in [0.29, 0.717) is 0 Å². The molecule has 0 saturated heterocycles. The Balaban J connectivity index is 1.72. The Kier molecular flexibility index (Phi) is 4.97. The first kappa shape index (κ1) is 12.8. The molecule has 0 atom stereocenters. The van der Waals surface area contributed by atoms with Crippen LogP contribution in [0.1, 0.15) is 0 Å². The van der Waals surface area contributed by atoms with Gasteiger partial charge in [0.1, 0.15) is 5.75 Å². The van der Waals surface area contributed by atoms with Gasteiger partial charge in [0.25, 0.3) is 0 Å². The number of thioether (sulfide) groups is 1. The lowest BCUT2D eigenvalue weighted by Crippen LogP contribution is -2.03. The van der Waals surface area contributed by atoms with Crippen LogP contribution < -0.4 is 10.1 Å². The molecule has 0 aromatic heterocycles. The second kappa shape index (κ2) is 6.97. The van der Waals surface area contributed by atoms with Gasteiger partial charge in [-0.3, -0.25) is 0 Å². The molecule has 0 aliphatic rings. The van der Waals surface area contributed by atoms with Gasteiger partial charge in [0.2, 0.25) is 0 Å². The van der Waals surface area contributed by atoms with E-state index >= 15 is 0 Å². The van der Waals surface area contributed by atoms with E-state index in [1.807, 2.05) is 42.1 Å². The third-order valence-corrected chi connectivity index (χ3v) is 3.55. The van der Waals surface area contributed by atoms with Gasteiger partial charge in [-0.2, -0.15) is 0 Å². The highest BCUT2D eigenvalue weighted by molar-refractivity contribution is 7.99. The van der Waals surface area contributed by atoms with E-state index in [2.05, 4.69) is 29.6 Å². The minimum absolute atomic E-state index is 0.888. The van der Waals surface area contributed by atoms with Crippen LogP contribution >= 0.6 is 11.8 Å². The Bertz CT molecular complexity index is 456. The molecular weight excluding hydrogens is 242 g/mol. The van der Waals surface area contributed by atoms with Gasteiger partial charge < -0.3 is 10.1 Å². The molecule has 0 bridgehead atoms. The summed E-state index contributed by atoms with van der Waals surface area (Å²) in [6.07, 6.45) is 0. The quantitative estimate of drug-likeness (QED) is 0.628. The molecule has 18 heavy (non-hydrogen) atoms. The van der Waals surface area contributed by atoms with Gasteiger partial charge in [-0.25, -0.2) is 0 Å². The van der Waals surface area contributed by atoms with Crippen LogP contribution in [0.5, 0.6) is 5.75 Å². The average molecular weight is 259 g/mol. The van der Waals surface area contributed by atoms with Crippen molar-refractivity contribution in [3.63, 3.8) is 0 Å². The topological polar surface area (TPSA) is 21.3 Å². The summed E-state index contributed by atoms with van der Waals surface area (Å²) < 4.78 is 5.12. The maximum Gasteiger partial charge on any atom is 0.119 e. The molecule has 0 aliphatic heterocycles. The fourth-order valence-corrected chi connectivity index (χ4v) is 2.38. The zero-order chi connectivity index (χ0) is 12.6. The monoisotopic (exact) mass is 259 g/mol. The van der Waals surface area contributed by atoms with Gasteiger partial charge >= 0.3 is 0 Å². The van der Waals surface area contributed by atoms with E-state index in [1.54, 1.807) is 7.11 Å². The average Bonchev–Trinajstić information content (AvgIpc) is 2.45. The highest BCUT2D eigenvalue weighted by atomic mass is 32.2. The molecule has 0 amide bonds. The predicted octanol–water partition coefficient (Wildman–Crippen LogP) is 3.90. The maximum atomic E-state index is 5.12. The molecule has 0 aliphatic carbocycles. The third kappa shape index (κ3) is 4.00. The van der Waals surface area contributed by atoms with Crippen LogP contribution in [0.4, 0.5) is 5.69 Å². The minimum atomic E-state index is 0.888. The van der Waals surface area contributed by atoms with Crippen molar-refractivity contribution < 1.29 is 4.74 Å². The van der Waals surface area contributed by atoms with Crippen LogP contribution in [-0.4, -0.2) is 19.4 Å². The van der Waals surface area contributed by atoms with Gasteiger partial charge in [-0.05, 0) is 36.4 Å². The normalized spacial score (nSPS) is 10.1. The number of rotatable bonds is 6. The first-order chi connectivity index (χ1) is 8.88. The molecule has 0 fully saturated rings. The summed E-state index contributed by atoms with van der Waals surface area (Å²) in [5.41, 5.74) is 1.13. The van der Waals surface area contributed by atoms with Crippen LogP contribution in [0.3, 0.4) is 0 Å². The van der Waals surface area contributed by atoms with Crippen molar-refractivity contribution in [1.82, 2.24) is 0 Å². The van der Waals surface area contributed by atoms with E-state index in [0.717, 1.165) is 23.7 Å². The van der Waals surface area contributed by atoms with Gasteiger partial charge in [0.05, 0.1) is 7.11 Å². The molecule has 2 aromatic carbocycles. The number of benzene rings is 2. The van der Waals surface area contributed by atoms with Crippen molar-refractivity contribution >= 4 is 17.4 Å². The van der Waals surface area contributed by atoms with Crippen molar-refractivity contribution in [3.05, 3.63) is 54.6 Å². The van der Waals surface area contributed by atoms with Gasteiger partial charge in [-0.1, -0.05) is 18.2 Å². The molecule has 2 rings (SSSR count). The Labute approximate surface area is 112 Å². The van der Waals surface area contributed by atoms with Gasteiger partial charge in [-0.15, -0.1) is 11.8 Å². The molecule has 0 spiro atoms. The summed E-state index contributed by atoms with van der Waals surface area (Å²) >= 11 is 1.86. The van der Waals surface area contributed by atoms with Gasteiger partial charge in [0, 0.05) is 22.9 Å². The highest BCUT2D eigenvalue weighted by Crippen LogP contribution is 2.18. The van der Waals surface area contributed by atoms with E-state index in [4.69, 9.17) is 4.74 Å². The largest absolute Gasteiger partial charge is 0.497 e. The minimum Gasteiger partial charge on any atom is -0.497 e. The molecule has 0 heterocycles. The zero-order valence-electron chi connectivity index (χ0n) is 10.4. The maximum absolute atomic E-state index is 5.12. The molecule has 0 radical (unpaired) electrons. The summed E-state index contributed by atoms with van der Waals surface area (Å²) in [6.45, 7) is 0.950. The lowest BCUT2D eigenvalue weighted by atomic mass is 10.3. The summed E-state index contributed by atoms with van der Waals surface area (Å²) in [7, 11) is 1.68. The van der Waals surface area contributed by atoms with E-state index in [1.165, 1.54) is 4.90 Å². The highest BCUT2D eigenvalue weighted by Gasteiger charge is 1.95. The number of hydrogen-bond donors (Lipinski definition) is 1. The molecule has 0 unspecified atom stereocenters. The van der Waals surface area contributed by atoms with Crippen molar-refractivity contribution in [1.29, 1.82) is 0 Å². The fraction of sp³-hybridized carbons (Fsp3) is 0.200. The van der Waals surface area contributed by atoms with Crippen molar-refractivity contribution in [2.45, 2.75) is 4.90 Å². The summed E-state index contributed by atoms with van der Waals surface area (Å²) in [5, 5.41) is 3.39. The Morgan fingerprint density at radius 1 is 1.00 bits per heavy atom.